The number of hydrogen-bond acceptors (Lipinski definition) is 4. The highest BCUT2D eigenvalue weighted by Crippen LogP contribution is 2.35. The number of likely N-dealkylation sites (N-methyl/N-ethyl adjacent to an activating group) is 1. The number of piperazine rings is 1. The monoisotopic (exact) mass is 325 g/mol. The minimum Gasteiger partial charge on any atom is -0.345 e. The number of nitrogens with one attached hydrogen (secondary N) is 1. The van der Waals surface area contributed by atoms with Crippen LogP contribution in [0.25, 0.3) is 20.7 Å². The van der Waals surface area contributed by atoms with E-state index in [2.05, 4.69) is 58.2 Å². The van der Waals surface area contributed by atoms with Crippen molar-refractivity contribution in [2.75, 3.05) is 37.6 Å². The van der Waals surface area contributed by atoms with E-state index in [-0.39, 0.29) is 0 Å². The smallest absolute Gasteiger partial charge is 0.141 e. The molecule has 0 radical (unpaired) electrons. The second-order valence-electron chi connectivity index (χ2n) is 5.98. The molecule has 0 bridgehead atoms. The van der Waals surface area contributed by atoms with Crippen LogP contribution < -0.4 is 9.80 Å². The molecule has 118 valence electrons. The number of thiophene rings is 1. The number of rotatable bonds is 3. The summed E-state index contributed by atoms with van der Waals surface area (Å²) in [5.74, 6) is 1.10. The van der Waals surface area contributed by atoms with Gasteiger partial charge in [-0.25, -0.2) is 9.97 Å². The molecule has 23 heavy (non-hydrogen) atoms. The summed E-state index contributed by atoms with van der Waals surface area (Å²) >= 11 is 1.75. The average Bonchev–Trinajstić information content (AvgIpc) is 3.07. The number of aromatic nitrogens is 2. The summed E-state index contributed by atoms with van der Waals surface area (Å²) < 4.78 is 0. The maximum atomic E-state index is 4.60. The van der Waals surface area contributed by atoms with Crippen LogP contribution in [0.1, 0.15) is 6.92 Å². The predicted molar refractivity (Wildman–Crippen MR) is 96.3 cm³/mol. The Morgan fingerprint density at radius 1 is 1.13 bits per heavy atom. The number of quaternary nitrogens is 1. The van der Waals surface area contributed by atoms with Gasteiger partial charge in [0, 0.05) is 4.88 Å². The average molecular weight is 325 g/mol. The fraction of sp³-hybridized carbons (Fsp3) is 0.333. The summed E-state index contributed by atoms with van der Waals surface area (Å²) in [5, 5.41) is 1.19. The van der Waals surface area contributed by atoms with Crippen LogP contribution in [0.5, 0.6) is 0 Å². The second kappa shape index (κ2) is 6.26. The van der Waals surface area contributed by atoms with Crippen molar-refractivity contribution in [2.24, 2.45) is 0 Å². The van der Waals surface area contributed by atoms with E-state index in [4.69, 9.17) is 0 Å². The number of anilines is 1. The Labute approximate surface area is 140 Å². The van der Waals surface area contributed by atoms with Crippen LogP contribution >= 0.6 is 11.3 Å². The molecule has 0 spiro atoms. The molecule has 0 saturated carbocycles. The van der Waals surface area contributed by atoms with Gasteiger partial charge in [0.25, 0.3) is 0 Å². The van der Waals surface area contributed by atoms with E-state index in [0.717, 1.165) is 23.7 Å². The van der Waals surface area contributed by atoms with E-state index in [1.165, 1.54) is 35.5 Å². The van der Waals surface area contributed by atoms with Crippen molar-refractivity contribution in [3.63, 3.8) is 0 Å². The lowest BCUT2D eigenvalue weighted by Gasteiger charge is -2.32. The van der Waals surface area contributed by atoms with Gasteiger partial charge >= 0.3 is 0 Å². The van der Waals surface area contributed by atoms with Crippen LogP contribution in [0, 0.1) is 0 Å². The Bertz CT molecular complexity index is 791. The molecule has 1 aliphatic rings. The summed E-state index contributed by atoms with van der Waals surface area (Å²) in [5.41, 5.74) is 1.25. The lowest BCUT2D eigenvalue weighted by atomic mass is 10.2. The number of benzene rings is 1. The van der Waals surface area contributed by atoms with Crippen molar-refractivity contribution in [3.05, 3.63) is 42.7 Å². The van der Waals surface area contributed by atoms with E-state index in [1.54, 1.807) is 22.6 Å². The SMILES string of the molecule is CC[NH+]1CCN(c2ncnc3sc(-c4ccccc4)cc23)CC1. The molecule has 1 N–H and O–H groups in total. The van der Waals surface area contributed by atoms with E-state index in [1.807, 2.05) is 0 Å². The molecule has 0 unspecified atom stereocenters. The fourth-order valence-corrected chi connectivity index (χ4v) is 4.23. The van der Waals surface area contributed by atoms with Gasteiger partial charge in [-0.3, -0.25) is 0 Å². The molecule has 0 amide bonds. The van der Waals surface area contributed by atoms with Crippen molar-refractivity contribution >= 4 is 27.4 Å². The summed E-state index contributed by atoms with van der Waals surface area (Å²) in [6.45, 7) is 8.01. The molecule has 3 heterocycles. The zero-order chi connectivity index (χ0) is 15.6. The molecule has 2 aromatic heterocycles. The summed E-state index contributed by atoms with van der Waals surface area (Å²) in [7, 11) is 0. The second-order valence-corrected chi connectivity index (χ2v) is 7.01. The Balaban J connectivity index is 1.70. The van der Waals surface area contributed by atoms with E-state index in [0.29, 0.717) is 0 Å². The molecule has 0 aliphatic carbocycles. The van der Waals surface area contributed by atoms with Crippen molar-refractivity contribution in [1.82, 2.24) is 9.97 Å². The van der Waals surface area contributed by atoms with Gasteiger partial charge in [-0.1, -0.05) is 30.3 Å². The first-order chi connectivity index (χ1) is 11.3. The van der Waals surface area contributed by atoms with Gasteiger partial charge in [-0.2, -0.15) is 0 Å². The molecule has 4 nitrogen and oxygen atoms in total. The molecule has 3 aromatic rings. The topological polar surface area (TPSA) is 33.5 Å². The van der Waals surface area contributed by atoms with Gasteiger partial charge in [0.2, 0.25) is 0 Å². The number of nitrogens with zero attached hydrogens (tertiary/aromatic N) is 3. The van der Waals surface area contributed by atoms with Crippen LogP contribution in [0.3, 0.4) is 0 Å². The molecule has 4 rings (SSSR count). The molecular formula is C18H21N4S+. The van der Waals surface area contributed by atoms with E-state index in [9.17, 15) is 0 Å². The van der Waals surface area contributed by atoms with Gasteiger partial charge in [-0.15, -0.1) is 11.3 Å². The number of hydrogen-bond donors (Lipinski definition) is 1. The third-order valence-electron chi connectivity index (χ3n) is 4.64. The lowest BCUT2D eigenvalue weighted by molar-refractivity contribution is -0.898. The largest absolute Gasteiger partial charge is 0.345 e. The van der Waals surface area contributed by atoms with Crippen molar-refractivity contribution in [1.29, 1.82) is 0 Å². The maximum Gasteiger partial charge on any atom is 0.141 e. The Kier molecular flexibility index (Phi) is 3.97. The molecule has 1 aliphatic heterocycles. The Morgan fingerprint density at radius 3 is 2.65 bits per heavy atom. The molecule has 1 aromatic carbocycles. The lowest BCUT2D eigenvalue weighted by Crippen LogP contribution is -3.14. The van der Waals surface area contributed by atoms with Gasteiger partial charge in [0.15, 0.2) is 0 Å². The van der Waals surface area contributed by atoms with Crippen molar-refractivity contribution < 1.29 is 4.90 Å². The highest BCUT2D eigenvalue weighted by atomic mass is 32.1. The van der Waals surface area contributed by atoms with Crippen LogP contribution in [-0.4, -0.2) is 42.7 Å². The molecule has 1 fully saturated rings. The minimum absolute atomic E-state index is 1.08. The van der Waals surface area contributed by atoms with Gasteiger partial charge in [0.05, 0.1) is 38.1 Å². The van der Waals surface area contributed by atoms with E-state index < -0.39 is 0 Å². The van der Waals surface area contributed by atoms with Crippen molar-refractivity contribution in [3.8, 4) is 10.4 Å². The first kappa shape index (κ1) is 14.6. The molecular weight excluding hydrogens is 304 g/mol. The minimum atomic E-state index is 1.08. The van der Waals surface area contributed by atoms with Crippen molar-refractivity contribution in [2.45, 2.75) is 6.92 Å². The Morgan fingerprint density at radius 2 is 1.91 bits per heavy atom. The fourth-order valence-electron chi connectivity index (χ4n) is 3.23. The van der Waals surface area contributed by atoms with E-state index >= 15 is 0 Å². The van der Waals surface area contributed by atoms with Crippen LogP contribution in [0.15, 0.2) is 42.7 Å². The van der Waals surface area contributed by atoms with Gasteiger partial charge in [0.1, 0.15) is 17.0 Å². The summed E-state index contributed by atoms with van der Waals surface area (Å²) in [6, 6.07) is 12.8. The summed E-state index contributed by atoms with van der Waals surface area (Å²) in [6.07, 6.45) is 1.71. The van der Waals surface area contributed by atoms with Gasteiger partial charge < -0.3 is 9.80 Å². The first-order valence-corrected chi connectivity index (χ1v) is 9.05. The number of fused-ring (bicyclic) bond motifs is 1. The highest BCUT2D eigenvalue weighted by molar-refractivity contribution is 7.21. The predicted octanol–water partition coefficient (Wildman–Crippen LogP) is 2.08. The standard InChI is InChI=1S/C18H20N4S/c1-2-21-8-10-22(11-9-21)17-15-12-16(14-6-4-3-5-7-14)23-18(15)20-13-19-17/h3-7,12-13H,2,8-11H2,1H3/p+1. The van der Waals surface area contributed by atoms with Crippen LogP contribution in [0.2, 0.25) is 0 Å². The van der Waals surface area contributed by atoms with Crippen LogP contribution in [0.4, 0.5) is 5.82 Å². The zero-order valence-electron chi connectivity index (χ0n) is 13.3. The molecule has 5 heteroatoms. The normalized spacial score (nSPS) is 16.1. The molecule has 1 saturated heterocycles. The maximum absolute atomic E-state index is 4.60. The summed E-state index contributed by atoms with van der Waals surface area (Å²) in [4.78, 5) is 15.5. The third-order valence-corrected chi connectivity index (χ3v) is 5.73. The Hall–Kier alpha value is -1.98. The molecule has 0 atom stereocenters. The first-order valence-electron chi connectivity index (χ1n) is 8.23. The van der Waals surface area contributed by atoms with Gasteiger partial charge in [-0.05, 0) is 18.6 Å². The van der Waals surface area contributed by atoms with Crippen LogP contribution in [-0.2, 0) is 0 Å². The quantitative estimate of drug-likeness (QED) is 0.800. The third kappa shape index (κ3) is 2.82. The zero-order valence-corrected chi connectivity index (χ0v) is 14.1. The highest BCUT2D eigenvalue weighted by Gasteiger charge is 2.22.